The fraction of sp³-hybridized carbons (Fsp3) is 0.400. The van der Waals surface area contributed by atoms with E-state index in [4.69, 9.17) is 5.73 Å². The molecule has 0 saturated heterocycles. The Morgan fingerprint density at radius 1 is 1.43 bits per heavy atom. The molecule has 0 bridgehead atoms. The van der Waals surface area contributed by atoms with Crippen LogP contribution in [0.2, 0.25) is 0 Å². The Hall–Kier alpha value is -0.120. The van der Waals surface area contributed by atoms with Gasteiger partial charge in [-0.05, 0) is 52.4 Å². The first kappa shape index (κ1) is 12.0. The van der Waals surface area contributed by atoms with Gasteiger partial charge in [0.05, 0.1) is 4.47 Å². The SMILES string of the molecule is Cl.N[C@H](c1ccc(F)c(Br)c1)C1CC1. The van der Waals surface area contributed by atoms with Crippen molar-refractivity contribution in [1.29, 1.82) is 0 Å². The highest BCUT2D eigenvalue weighted by Crippen LogP contribution is 2.39. The molecule has 0 unspecified atom stereocenters. The third-order valence-corrected chi connectivity index (χ3v) is 3.07. The minimum absolute atomic E-state index is 0. The maximum atomic E-state index is 12.9. The van der Waals surface area contributed by atoms with Gasteiger partial charge in [-0.2, -0.15) is 0 Å². The van der Waals surface area contributed by atoms with Crippen molar-refractivity contribution in [3.63, 3.8) is 0 Å². The van der Waals surface area contributed by atoms with Crippen LogP contribution in [0.5, 0.6) is 0 Å². The van der Waals surface area contributed by atoms with E-state index in [-0.39, 0.29) is 24.3 Å². The Kier molecular flexibility index (Phi) is 3.93. The van der Waals surface area contributed by atoms with Crippen molar-refractivity contribution in [1.82, 2.24) is 0 Å². The van der Waals surface area contributed by atoms with Crippen molar-refractivity contribution in [3.05, 3.63) is 34.1 Å². The van der Waals surface area contributed by atoms with E-state index in [1.54, 1.807) is 12.1 Å². The molecule has 0 aliphatic heterocycles. The van der Waals surface area contributed by atoms with Crippen molar-refractivity contribution in [3.8, 4) is 0 Å². The number of benzene rings is 1. The highest BCUT2D eigenvalue weighted by Gasteiger charge is 2.29. The number of hydrogen-bond donors (Lipinski definition) is 1. The largest absolute Gasteiger partial charge is 0.324 e. The number of hydrogen-bond acceptors (Lipinski definition) is 1. The Bertz CT molecular complexity index is 328. The van der Waals surface area contributed by atoms with Crippen LogP contribution in [0.3, 0.4) is 0 Å². The van der Waals surface area contributed by atoms with Gasteiger partial charge in [-0.25, -0.2) is 4.39 Å². The molecule has 0 amide bonds. The van der Waals surface area contributed by atoms with E-state index in [1.807, 2.05) is 0 Å². The highest BCUT2D eigenvalue weighted by atomic mass is 79.9. The Labute approximate surface area is 97.4 Å². The summed E-state index contributed by atoms with van der Waals surface area (Å²) in [5.74, 6) is 0.379. The van der Waals surface area contributed by atoms with Crippen LogP contribution < -0.4 is 5.73 Å². The fourth-order valence-electron chi connectivity index (χ4n) is 1.45. The molecule has 0 heterocycles. The zero-order chi connectivity index (χ0) is 9.42. The topological polar surface area (TPSA) is 26.0 Å². The molecule has 0 aromatic heterocycles. The molecule has 2 N–H and O–H groups in total. The second-order valence-corrected chi connectivity index (χ2v) is 4.39. The van der Waals surface area contributed by atoms with Crippen LogP contribution in [0.15, 0.2) is 22.7 Å². The summed E-state index contributed by atoms with van der Waals surface area (Å²) in [7, 11) is 0. The van der Waals surface area contributed by atoms with Crippen LogP contribution in [0.25, 0.3) is 0 Å². The smallest absolute Gasteiger partial charge is 0.137 e. The van der Waals surface area contributed by atoms with Gasteiger partial charge in [0.25, 0.3) is 0 Å². The Balaban J connectivity index is 0.000000980. The van der Waals surface area contributed by atoms with Gasteiger partial charge in [0.15, 0.2) is 0 Å². The normalized spacial score (nSPS) is 17.4. The summed E-state index contributed by atoms with van der Waals surface area (Å²) in [6.45, 7) is 0. The molecule has 1 aliphatic carbocycles. The van der Waals surface area contributed by atoms with E-state index in [1.165, 1.54) is 18.9 Å². The monoisotopic (exact) mass is 279 g/mol. The Morgan fingerprint density at radius 3 is 2.57 bits per heavy atom. The number of rotatable bonds is 2. The quantitative estimate of drug-likeness (QED) is 0.882. The van der Waals surface area contributed by atoms with Gasteiger partial charge >= 0.3 is 0 Å². The lowest BCUT2D eigenvalue weighted by Crippen LogP contribution is -2.12. The average Bonchev–Trinajstić information content (AvgIpc) is 2.91. The second-order valence-electron chi connectivity index (χ2n) is 3.54. The maximum absolute atomic E-state index is 12.9. The van der Waals surface area contributed by atoms with Crippen molar-refractivity contribution in [2.75, 3.05) is 0 Å². The van der Waals surface area contributed by atoms with Crippen molar-refractivity contribution in [2.45, 2.75) is 18.9 Å². The summed E-state index contributed by atoms with van der Waals surface area (Å²) in [5, 5.41) is 0. The second kappa shape index (κ2) is 4.60. The van der Waals surface area contributed by atoms with E-state index in [2.05, 4.69) is 15.9 Å². The molecule has 2 rings (SSSR count). The zero-order valence-electron chi connectivity index (χ0n) is 7.54. The summed E-state index contributed by atoms with van der Waals surface area (Å²) < 4.78 is 13.4. The third-order valence-electron chi connectivity index (χ3n) is 2.46. The summed E-state index contributed by atoms with van der Waals surface area (Å²) >= 11 is 3.15. The molecule has 1 aliphatic rings. The lowest BCUT2D eigenvalue weighted by atomic mass is 10.0. The minimum atomic E-state index is -0.230. The first-order chi connectivity index (χ1) is 6.18. The van der Waals surface area contributed by atoms with E-state index in [0.717, 1.165) is 5.56 Å². The zero-order valence-corrected chi connectivity index (χ0v) is 9.94. The molecular weight excluding hydrogens is 268 g/mol. The molecule has 0 radical (unpaired) electrons. The van der Waals surface area contributed by atoms with Crippen LogP contribution in [-0.2, 0) is 0 Å². The molecule has 78 valence electrons. The van der Waals surface area contributed by atoms with Gasteiger partial charge < -0.3 is 5.73 Å². The molecule has 1 fully saturated rings. The predicted octanol–water partition coefficient (Wildman–Crippen LogP) is 3.42. The average molecular weight is 281 g/mol. The van der Waals surface area contributed by atoms with Crippen molar-refractivity contribution in [2.24, 2.45) is 11.7 Å². The van der Waals surface area contributed by atoms with Gasteiger partial charge in [-0.3, -0.25) is 0 Å². The molecule has 1 aromatic rings. The van der Waals surface area contributed by atoms with Crippen LogP contribution in [0, 0.1) is 11.7 Å². The molecule has 14 heavy (non-hydrogen) atoms. The van der Waals surface area contributed by atoms with Crippen LogP contribution >= 0.6 is 28.3 Å². The number of nitrogens with two attached hydrogens (primary N) is 1. The molecule has 0 spiro atoms. The summed E-state index contributed by atoms with van der Waals surface area (Å²) in [5.41, 5.74) is 7.00. The maximum Gasteiger partial charge on any atom is 0.137 e. The van der Waals surface area contributed by atoms with Crippen molar-refractivity contribution >= 4 is 28.3 Å². The van der Waals surface area contributed by atoms with Crippen LogP contribution in [0.1, 0.15) is 24.4 Å². The first-order valence-electron chi connectivity index (χ1n) is 4.39. The third kappa shape index (κ3) is 2.47. The molecule has 4 heteroatoms. The lowest BCUT2D eigenvalue weighted by molar-refractivity contribution is 0.607. The summed E-state index contributed by atoms with van der Waals surface area (Å²) in [4.78, 5) is 0. The molecule has 1 nitrogen and oxygen atoms in total. The van der Waals surface area contributed by atoms with E-state index in [9.17, 15) is 4.39 Å². The highest BCUT2D eigenvalue weighted by molar-refractivity contribution is 9.10. The van der Waals surface area contributed by atoms with E-state index >= 15 is 0 Å². The van der Waals surface area contributed by atoms with Gasteiger partial charge in [0.1, 0.15) is 5.82 Å². The van der Waals surface area contributed by atoms with E-state index in [0.29, 0.717) is 10.4 Å². The van der Waals surface area contributed by atoms with E-state index < -0.39 is 0 Å². The summed E-state index contributed by atoms with van der Waals surface area (Å²) in [6.07, 6.45) is 2.41. The fourth-order valence-corrected chi connectivity index (χ4v) is 1.84. The lowest BCUT2D eigenvalue weighted by Gasteiger charge is -2.10. The van der Waals surface area contributed by atoms with Gasteiger partial charge in [-0.1, -0.05) is 6.07 Å². The molecule has 1 atom stereocenters. The first-order valence-corrected chi connectivity index (χ1v) is 5.18. The van der Waals surface area contributed by atoms with Crippen LogP contribution in [-0.4, -0.2) is 0 Å². The standard InChI is InChI=1S/C10H11BrFN.ClH/c11-8-5-7(3-4-9(8)12)10(13)6-1-2-6;/h3-6,10H,1-2,13H2;1H/t10-;/m0./s1. The Morgan fingerprint density at radius 2 is 2.07 bits per heavy atom. The molecule has 1 aromatic carbocycles. The number of halogens is 3. The minimum Gasteiger partial charge on any atom is -0.324 e. The van der Waals surface area contributed by atoms with Crippen LogP contribution in [0.4, 0.5) is 4.39 Å². The van der Waals surface area contributed by atoms with Crippen molar-refractivity contribution < 1.29 is 4.39 Å². The van der Waals surface area contributed by atoms with Gasteiger partial charge in [-0.15, -0.1) is 12.4 Å². The summed E-state index contributed by atoms with van der Waals surface area (Å²) in [6, 6.07) is 5.08. The van der Waals surface area contributed by atoms with Gasteiger partial charge in [0, 0.05) is 6.04 Å². The molecule has 1 saturated carbocycles. The molecular formula is C10H12BrClFN. The van der Waals surface area contributed by atoms with Gasteiger partial charge in [0.2, 0.25) is 0 Å². The predicted molar refractivity (Wildman–Crippen MR) is 61.0 cm³/mol.